The van der Waals surface area contributed by atoms with Gasteiger partial charge in [-0.3, -0.25) is 4.79 Å². The number of nitrogens with zero attached hydrogens (tertiary/aromatic N) is 2. The first-order chi connectivity index (χ1) is 12.1. The van der Waals surface area contributed by atoms with E-state index in [-0.39, 0.29) is 5.56 Å². The number of hydrogen-bond donors (Lipinski definition) is 1. The topological polar surface area (TPSA) is 75.2 Å². The summed E-state index contributed by atoms with van der Waals surface area (Å²) in [6, 6.07) is 11.8. The van der Waals surface area contributed by atoms with Crippen LogP contribution in [0.4, 0.5) is 0 Å². The summed E-state index contributed by atoms with van der Waals surface area (Å²) in [5, 5.41) is 20.5. The van der Waals surface area contributed by atoms with Gasteiger partial charge in [0.1, 0.15) is 17.5 Å². The van der Waals surface area contributed by atoms with Crippen molar-refractivity contribution in [2.24, 2.45) is 0 Å². The Hall–Kier alpha value is -2.58. The maximum Gasteiger partial charge on any atom is 0.251 e. The van der Waals surface area contributed by atoms with Crippen molar-refractivity contribution < 1.29 is 9.84 Å². The van der Waals surface area contributed by atoms with E-state index in [4.69, 9.17) is 4.74 Å². The van der Waals surface area contributed by atoms with Crippen LogP contribution in [0.2, 0.25) is 0 Å². The Labute approximate surface area is 146 Å². The van der Waals surface area contributed by atoms with Crippen LogP contribution in [0.15, 0.2) is 47.4 Å². The van der Waals surface area contributed by atoms with Crippen LogP contribution in [-0.2, 0) is 0 Å². The molecule has 2 aliphatic rings. The first-order valence-electron chi connectivity index (χ1n) is 8.73. The lowest BCUT2D eigenvalue weighted by Crippen LogP contribution is -2.56. The number of nitriles is 1. The van der Waals surface area contributed by atoms with Crippen molar-refractivity contribution in [1.29, 1.82) is 5.26 Å². The molecule has 2 aromatic rings. The molecule has 128 valence electrons. The highest BCUT2D eigenvalue weighted by Gasteiger charge is 2.50. The zero-order chi connectivity index (χ0) is 17.4. The molecule has 1 aliphatic heterocycles. The van der Waals surface area contributed by atoms with E-state index in [9.17, 15) is 15.2 Å². The van der Waals surface area contributed by atoms with E-state index < -0.39 is 17.7 Å². The quantitative estimate of drug-likeness (QED) is 0.869. The molecule has 0 saturated heterocycles. The van der Waals surface area contributed by atoms with Crippen LogP contribution in [0.3, 0.4) is 0 Å². The van der Waals surface area contributed by atoms with Gasteiger partial charge in [-0.1, -0.05) is 12.5 Å². The highest BCUT2D eigenvalue weighted by molar-refractivity contribution is 5.47. The van der Waals surface area contributed by atoms with Gasteiger partial charge in [0.15, 0.2) is 0 Å². The Balaban J connectivity index is 1.92. The summed E-state index contributed by atoms with van der Waals surface area (Å²) in [5.74, 6) is 0.659. The third-order valence-electron chi connectivity index (χ3n) is 5.46. The number of hydrogen-bond acceptors (Lipinski definition) is 4. The van der Waals surface area contributed by atoms with Gasteiger partial charge in [0.25, 0.3) is 5.56 Å². The molecule has 0 bridgehead atoms. The molecule has 1 fully saturated rings. The normalized spacial score (nSPS) is 24.2. The number of pyridine rings is 1. The molecule has 2 heterocycles. The van der Waals surface area contributed by atoms with Gasteiger partial charge in [-0.05, 0) is 49.9 Å². The second-order valence-electron chi connectivity index (χ2n) is 6.93. The van der Waals surface area contributed by atoms with Gasteiger partial charge in [-0.2, -0.15) is 5.26 Å². The van der Waals surface area contributed by atoms with E-state index >= 15 is 0 Å². The molecule has 25 heavy (non-hydrogen) atoms. The van der Waals surface area contributed by atoms with E-state index in [1.807, 2.05) is 0 Å². The fourth-order valence-corrected chi connectivity index (χ4v) is 4.20. The first kappa shape index (κ1) is 15.9. The summed E-state index contributed by atoms with van der Waals surface area (Å²) in [7, 11) is 0. The number of benzene rings is 1. The van der Waals surface area contributed by atoms with Gasteiger partial charge in [0.2, 0.25) is 0 Å². The lowest BCUT2D eigenvalue weighted by Gasteiger charge is -2.48. The minimum atomic E-state index is -0.839. The van der Waals surface area contributed by atoms with Crippen LogP contribution in [0, 0.1) is 11.3 Å². The number of rotatable bonds is 1. The lowest BCUT2D eigenvalue weighted by atomic mass is 9.74. The predicted molar refractivity (Wildman–Crippen MR) is 92.4 cm³/mol. The second-order valence-corrected chi connectivity index (χ2v) is 6.93. The molecule has 4 rings (SSSR count). The molecular weight excluding hydrogens is 316 g/mol. The molecule has 2 atom stereocenters. The molecule has 0 radical (unpaired) electrons. The van der Waals surface area contributed by atoms with Crippen LogP contribution in [0.25, 0.3) is 0 Å². The second kappa shape index (κ2) is 6.05. The Kier molecular flexibility index (Phi) is 3.85. The van der Waals surface area contributed by atoms with Crippen LogP contribution >= 0.6 is 0 Å². The van der Waals surface area contributed by atoms with Gasteiger partial charge in [-0.25, -0.2) is 0 Å². The molecule has 0 unspecified atom stereocenters. The maximum atomic E-state index is 12.4. The minimum absolute atomic E-state index is 0.173. The molecule has 0 amide bonds. The van der Waals surface area contributed by atoms with Gasteiger partial charge in [-0.15, -0.1) is 0 Å². The van der Waals surface area contributed by atoms with E-state index in [1.54, 1.807) is 41.1 Å². The zero-order valence-electron chi connectivity index (χ0n) is 13.9. The summed E-state index contributed by atoms with van der Waals surface area (Å²) in [5.41, 5.74) is 0.339. The largest absolute Gasteiger partial charge is 0.484 e. The van der Waals surface area contributed by atoms with E-state index in [0.717, 1.165) is 32.1 Å². The highest BCUT2D eigenvalue weighted by Crippen LogP contribution is 2.47. The molecule has 1 saturated carbocycles. The maximum absolute atomic E-state index is 12.4. The number of aliphatic hydroxyl groups is 1. The number of aliphatic hydroxyl groups excluding tert-OH is 1. The Morgan fingerprint density at radius 2 is 2.00 bits per heavy atom. The van der Waals surface area contributed by atoms with Crippen LogP contribution < -0.4 is 10.3 Å². The molecule has 1 aromatic heterocycles. The molecular formula is C20H20N2O3. The van der Waals surface area contributed by atoms with Crippen LogP contribution in [-0.4, -0.2) is 21.4 Å². The Morgan fingerprint density at radius 3 is 2.72 bits per heavy atom. The van der Waals surface area contributed by atoms with Crippen molar-refractivity contribution in [1.82, 2.24) is 4.57 Å². The van der Waals surface area contributed by atoms with Crippen molar-refractivity contribution in [3.05, 3.63) is 64.1 Å². The highest BCUT2D eigenvalue weighted by atomic mass is 16.5. The third kappa shape index (κ3) is 2.54. The fraction of sp³-hybridized carbons (Fsp3) is 0.400. The smallest absolute Gasteiger partial charge is 0.251 e. The molecule has 5 heteroatoms. The zero-order valence-corrected chi connectivity index (χ0v) is 13.9. The lowest BCUT2D eigenvalue weighted by molar-refractivity contribution is -0.107. The Morgan fingerprint density at radius 1 is 1.20 bits per heavy atom. The van der Waals surface area contributed by atoms with Crippen molar-refractivity contribution in [3.8, 4) is 11.8 Å². The molecule has 1 aliphatic carbocycles. The van der Waals surface area contributed by atoms with Crippen LogP contribution in [0.5, 0.6) is 5.75 Å². The fourth-order valence-electron chi connectivity index (χ4n) is 4.20. The third-order valence-corrected chi connectivity index (χ3v) is 5.46. The van der Waals surface area contributed by atoms with E-state index in [1.165, 1.54) is 6.07 Å². The standard InChI is InChI=1S/C20H20N2O3/c21-13-14-7-8-16-15(12-14)18(22-11-5-2-6-17(22)23)19(24)20(25-16)9-3-1-4-10-20/h2,5-8,11-12,18-19,24H,1,3-4,9-10H2/t18-,19+/m1/s1. The average Bonchev–Trinajstić information content (AvgIpc) is 2.64. The minimum Gasteiger partial charge on any atom is -0.484 e. The number of aromatic nitrogens is 1. The van der Waals surface area contributed by atoms with Crippen molar-refractivity contribution in [3.63, 3.8) is 0 Å². The first-order valence-corrected chi connectivity index (χ1v) is 8.73. The van der Waals surface area contributed by atoms with Gasteiger partial charge in [0.05, 0.1) is 17.7 Å². The molecule has 1 aromatic carbocycles. The van der Waals surface area contributed by atoms with Crippen LogP contribution in [0.1, 0.15) is 49.3 Å². The molecule has 5 nitrogen and oxygen atoms in total. The van der Waals surface area contributed by atoms with Crippen molar-refractivity contribution in [2.45, 2.75) is 49.9 Å². The van der Waals surface area contributed by atoms with E-state index in [2.05, 4.69) is 6.07 Å². The predicted octanol–water partition coefficient (Wildman–Crippen LogP) is 2.77. The summed E-state index contributed by atoms with van der Waals surface area (Å²) < 4.78 is 7.85. The molecule has 1 spiro atoms. The monoisotopic (exact) mass is 336 g/mol. The van der Waals surface area contributed by atoms with Crippen molar-refractivity contribution >= 4 is 0 Å². The SMILES string of the molecule is N#Cc1ccc2c(c1)[C@@H](n1ccccc1=O)[C@H](O)C1(CCCCC1)O2. The number of ether oxygens (including phenoxy) is 1. The van der Waals surface area contributed by atoms with Gasteiger partial charge in [0, 0.05) is 17.8 Å². The average molecular weight is 336 g/mol. The summed E-state index contributed by atoms with van der Waals surface area (Å²) in [6.07, 6.45) is 5.53. The summed E-state index contributed by atoms with van der Waals surface area (Å²) in [6.45, 7) is 0. The van der Waals surface area contributed by atoms with E-state index in [0.29, 0.717) is 16.9 Å². The van der Waals surface area contributed by atoms with Gasteiger partial charge < -0.3 is 14.4 Å². The summed E-state index contributed by atoms with van der Waals surface area (Å²) in [4.78, 5) is 12.4. The number of fused-ring (bicyclic) bond motifs is 1. The van der Waals surface area contributed by atoms with Crippen molar-refractivity contribution in [2.75, 3.05) is 0 Å². The summed E-state index contributed by atoms with van der Waals surface area (Å²) >= 11 is 0. The van der Waals surface area contributed by atoms with Gasteiger partial charge >= 0.3 is 0 Å². The molecule has 1 N–H and O–H groups in total. The Bertz CT molecular complexity index is 890.